The summed E-state index contributed by atoms with van der Waals surface area (Å²) >= 11 is 0. The van der Waals surface area contributed by atoms with Crippen molar-refractivity contribution in [3.8, 4) is 0 Å². The van der Waals surface area contributed by atoms with Gasteiger partial charge in [0.1, 0.15) is 11.3 Å². The fourth-order valence-electron chi connectivity index (χ4n) is 4.27. The van der Waals surface area contributed by atoms with E-state index in [9.17, 15) is 14.4 Å². The van der Waals surface area contributed by atoms with Crippen LogP contribution in [0.15, 0.2) is 64.1 Å². The molecular formula is C22H17N3O4. The van der Waals surface area contributed by atoms with E-state index in [2.05, 4.69) is 5.10 Å². The fourth-order valence-corrected chi connectivity index (χ4v) is 4.27. The Kier molecular flexibility index (Phi) is 3.52. The van der Waals surface area contributed by atoms with Gasteiger partial charge in [-0.2, -0.15) is 5.10 Å². The number of fused-ring (bicyclic) bond motifs is 3. The molecule has 0 fully saturated rings. The summed E-state index contributed by atoms with van der Waals surface area (Å²) in [6, 6.07) is 16.4. The molecule has 0 N–H and O–H groups in total. The Bertz CT molecular complexity index is 1210. The summed E-state index contributed by atoms with van der Waals surface area (Å²) in [5.74, 6) is -0.762. The molecule has 1 aromatic heterocycles. The topological polar surface area (TPSA) is 83.2 Å². The van der Waals surface area contributed by atoms with E-state index in [1.54, 1.807) is 24.3 Å². The number of imide groups is 1. The van der Waals surface area contributed by atoms with E-state index in [4.69, 9.17) is 4.42 Å². The number of para-hydroxylation sites is 2. The maximum Gasteiger partial charge on any atom is 0.266 e. The van der Waals surface area contributed by atoms with Crippen LogP contribution in [0.3, 0.4) is 0 Å². The van der Waals surface area contributed by atoms with Gasteiger partial charge in [0.05, 0.1) is 5.69 Å². The van der Waals surface area contributed by atoms with E-state index in [1.807, 2.05) is 30.3 Å². The molecule has 144 valence electrons. The lowest BCUT2D eigenvalue weighted by atomic mass is 9.86. The lowest BCUT2D eigenvalue weighted by Gasteiger charge is -2.30. The molecule has 0 aliphatic carbocycles. The van der Waals surface area contributed by atoms with Crippen molar-refractivity contribution < 1.29 is 18.8 Å². The summed E-state index contributed by atoms with van der Waals surface area (Å²) < 4.78 is 5.92. The number of amides is 3. The molecule has 0 saturated heterocycles. The van der Waals surface area contributed by atoms with Gasteiger partial charge in [-0.15, -0.1) is 0 Å². The molecule has 3 amide bonds. The number of carbonyl (C=O) groups is 3. The Balaban J connectivity index is 1.69. The SMILES string of the molecule is CC(=O)N1C(=O)[C@@]2(CC(c3cc4ccccc4o3)=NN2C(C)=O)c2ccccc21. The van der Waals surface area contributed by atoms with E-state index >= 15 is 0 Å². The smallest absolute Gasteiger partial charge is 0.266 e. The summed E-state index contributed by atoms with van der Waals surface area (Å²) in [6.45, 7) is 2.70. The molecule has 2 aliphatic heterocycles. The average Bonchev–Trinajstić information content (AvgIpc) is 3.36. The van der Waals surface area contributed by atoms with Crippen LogP contribution in [0.5, 0.6) is 0 Å². The number of furan rings is 1. The van der Waals surface area contributed by atoms with Crippen molar-refractivity contribution in [2.24, 2.45) is 5.10 Å². The highest BCUT2D eigenvalue weighted by Crippen LogP contribution is 2.50. The quantitative estimate of drug-likeness (QED) is 0.642. The van der Waals surface area contributed by atoms with Crippen LogP contribution in [0.4, 0.5) is 5.69 Å². The normalized spacial score (nSPS) is 20.5. The highest BCUT2D eigenvalue weighted by atomic mass is 16.3. The Morgan fingerprint density at radius 3 is 2.48 bits per heavy atom. The molecule has 3 heterocycles. The first-order valence-electron chi connectivity index (χ1n) is 9.25. The summed E-state index contributed by atoms with van der Waals surface area (Å²) in [5.41, 5.74) is 0.874. The number of anilines is 1. The monoisotopic (exact) mass is 387 g/mol. The van der Waals surface area contributed by atoms with Crippen LogP contribution < -0.4 is 4.90 Å². The molecule has 2 aromatic carbocycles. The molecular weight excluding hydrogens is 370 g/mol. The van der Waals surface area contributed by atoms with E-state index in [-0.39, 0.29) is 12.3 Å². The number of nitrogens with zero attached hydrogens (tertiary/aromatic N) is 3. The molecule has 7 nitrogen and oxygen atoms in total. The number of hydrazone groups is 1. The van der Waals surface area contributed by atoms with Gasteiger partial charge in [-0.3, -0.25) is 14.4 Å². The highest BCUT2D eigenvalue weighted by Gasteiger charge is 2.60. The zero-order valence-corrected chi connectivity index (χ0v) is 15.9. The van der Waals surface area contributed by atoms with Gasteiger partial charge in [-0.25, -0.2) is 9.91 Å². The summed E-state index contributed by atoms with van der Waals surface area (Å²) in [5, 5.41) is 6.58. The molecule has 0 bridgehead atoms. The number of rotatable bonds is 1. The molecule has 2 aliphatic rings. The Labute approximate surface area is 166 Å². The first-order chi connectivity index (χ1) is 13.9. The lowest BCUT2D eigenvalue weighted by Crippen LogP contribution is -2.51. The predicted octanol–water partition coefficient (Wildman–Crippen LogP) is 3.18. The van der Waals surface area contributed by atoms with Gasteiger partial charge < -0.3 is 4.42 Å². The van der Waals surface area contributed by atoms with Gasteiger partial charge in [-0.1, -0.05) is 36.4 Å². The third-order valence-electron chi connectivity index (χ3n) is 5.48. The van der Waals surface area contributed by atoms with Gasteiger partial charge in [0, 0.05) is 31.2 Å². The average molecular weight is 387 g/mol. The van der Waals surface area contributed by atoms with Gasteiger partial charge in [0.2, 0.25) is 11.8 Å². The van der Waals surface area contributed by atoms with E-state index in [0.29, 0.717) is 28.3 Å². The zero-order chi connectivity index (χ0) is 20.3. The van der Waals surface area contributed by atoms with Crippen molar-refractivity contribution in [3.63, 3.8) is 0 Å². The molecule has 3 aromatic rings. The van der Waals surface area contributed by atoms with E-state index in [0.717, 1.165) is 10.3 Å². The zero-order valence-electron chi connectivity index (χ0n) is 15.9. The van der Waals surface area contributed by atoms with Crippen LogP contribution >= 0.6 is 0 Å². The second kappa shape index (κ2) is 5.88. The van der Waals surface area contributed by atoms with Crippen molar-refractivity contribution in [1.29, 1.82) is 0 Å². The second-order valence-corrected chi connectivity index (χ2v) is 7.24. The Morgan fingerprint density at radius 1 is 1.03 bits per heavy atom. The molecule has 1 atom stereocenters. The van der Waals surface area contributed by atoms with Gasteiger partial charge in [0.25, 0.3) is 5.91 Å². The van der Waals surface area contributed by atoms with Crippen LogP contribution in [0.25, 0.3) is 11.0 Å². The molecule has 5 rings (SSSR count). The second-order valence-electron chi connectivity index (χ2n) is 7.24. The Morgan fingerprint density at radius 2 is 1.76 bits per heavy atom. The summed E-state index contributed by atoms with van der Waals surface area (Å²) in [7, 11) is 0. The number of hydrogen-bond acceptors (Lipinski definition) is 5. The molecule has 1 spiro atoms. The standard InChI is InChI=1S/C22H17N3O4/c1-13(26)24-18-9-5-4-8-16(18)22(21(24)28)12-17(23-25(22)14(2)27)20-11-15-7-3-6-10-19(15)29-20/h3-11H,12H2,1-2H3/t22-/m1/s1. The Hall–Kier alpha value is -3.74. The summed E-state index contributed by atoms with van der Waals surface area (Å²) in [6.07, 6.45) is 0.131. The van der Waals surface area contributed by atoms with Crippen LogP contribution in [-0.2, 0) is 19.9 Å². The first-order valence-corrected chi connectivity index (χ1v) is 9.25. The maximum absolute atomic E-state index is 13.5. The number of hydrogen-bond donors (Lipinski definition) is 0. The van der Waals surface area contributed by atoms with E-state index < -0.39 is 17.4 Å². The molecule has 29 heavy (non-hydrogen) atoms. The summed E-state index contributed by atoms with van der Waals surface area (Å²) in [4.78, 5) is 39.4. The third-order valence-corrected chi connectivity index (χ3v) is 5.48. The molecule has 0 saturated carbocycles. The maximum atomic E-state index is 13.5. The van der Waals surface area contributed by atoms with E-state index in [1.165, 1.54) is 18.9 Å². The highest BCUT2D eigenvalue weighted by molar-refractivity contribution is 6.25. The molecule has 0 radical (unpaired) electrons. The van der Waals surface area contributed by atoms with Crippen molar-refractivity contribution in [2.75, 3.05) is 4.90 Å². The third kappa shape index (κ3) is 2.24. The van der Waals surface area contributed by atoms with Gasteiger partial charge in [0.15, 0.2) is 11.3 Å². The fraction of sp³-hybridized carbons (Fsp3) is 0.182. The van der Waals surface area contributed by atoms with Crippen LogP contribution in [0, 0.1) is 0 Å². The van der Waals surface area contributed by atoms with Crippen molar-refractivity contribution in [2.45, 2.75) is 25.8 Å². The minimum atomic E-state index is -1.39. The molecule has 0 unspecified atom stereocenters. The van der Waals surface area contributed by atoms with Gasteiger partial charge in [-0.05, 0) is 18.2 Å². The molecule has 7 heteroatoms. The van der Waals surface area contributed by atoms with Crippen LogP contribution in [0.2, 0.25) is 0 Å². The van der Waals surface area contributed by atoms with Crippen molar-refractivity contribution in [1.82, 2.24) is 5.01 Å². The van der Waals surface area contributed by atoms with Crippen LogP contribution in [0.1, 0.15) is 31.6 Å². The lowest BCUT2D eigenvalue weighted by molar-refractivity contribution is -0.144. The number of benzene rings is 2. The van der Waals surface area contributed by atoms with Crippen molar-refractivity contribution >= 4 is 40.1 Å². The minimum Gasteiger partial charge on any atom is -0.455 e. The largest absolute Gasteiger partial charge is 0.455 e. The minimum absolute atomic E-state index is 0.131. The predicted molar refractivity (Wildman–Crippen MR) is 106 cm³/mol. The van der Waals surface area contributed by atoms with Gasteiger partial charge >= 0.3 is 0 Å². The van der Waals surface area contributed by atoms with Crippen molar-refractivity contribution in [3.05, 3.63) is 65.9 Å². The van der Waals surface area contributed by atoms with Crippen LogP contribution in [-0.4, -0.2) is 28.4 Å². The number of carbonyl (C=O) groups excluding carboxylic acids is 3. The first kappa shape index (κ1) is 17.4.